The number of hydrogen-bond acceptors (Lipinski definition) is 3. The lowest BCUT2D eigenvalue weighted by Gasteiger charge is -2.16. The molecule has 0 amide bonds. The molecule has 96 valence electrons. The lowest BCUT2D eigenvalue weighted by Crippen LogP contribution is -2.32. The van der Waals surface area contributed by atoms with E-state index in [2.05, 4.69) is 38.5 Å². The van der Waals surface area contributed by atoms with Crippen molar-refractivity contribution in [2.75, 3.05) is 3.22 Å². The van der Waals surface area contributed by atoms with Gasteiger partial charge >= 0.3 is 0 Å². The van der Waals surface area contributed by atoms with Crippen molar-refractivity contribution in [2.24, 2.45) is 10.2 Å². The van der Waals surface area contributed by atoms with Crippen molar-refractivity contribution in [3.63, 3.8) is 0 Å². The van der Waals surface area contributed by atoms with Crippen LogP contribution in [0.2, 0.25) is 0 Å². The van der Waals surface area contributed by atoms with Gasteiger partial charge in [-0.2, -0.15) is 0 Å². The third-order valence-corrected chi connectivity index (χ3v) is 3.16. The first-order valence-corrected chi connectivity index (χ1v) is 6.91. The highest BCUT2D eigenvalue weighted by molar-refractivity contribution is 14.1. The molecule has 0 aliphatic rings. The molecule has 0 spiro atoms. The van der Waals surface area contributed by atoms with Crippen LogP contribution in [0.1, 0.15) is 0 Å². The number of thiocarbonyl (C=S) groups is 1. The number of hydrogen-bond donors (Lipinski definition) is 1. The maximum atomic E-state index is 5.11. The van der Waals surface area contributed by atoms with Crippen LogP contribution in [0.5, 0.6) is 0 Å². The maximum Gasteiger partial charge on any atom is 0.233 e. The molecule has 0 bridgehead atoms. The van der Waals surface area contributed by atoms with Crippen molar-refractivity contribution < 1.29 is 0 Å². The van der Waals surface area contributed by atoms with Crippen LogP contribution in [0, 0.1) is 0 Å². The molecular weight excluding hydrogens is 371 g/mol. The molecule has 0 atom stereocenters. The van der Waals surface area contributed by atoms with Gasteiger partial charge in [0, 0.05) is 0 Å². The fourth-order valence-corrected chi connectivity index (χ4v) is 2.17. The fraction of sp³-hybridized carbons (Fsp3) is 0. The highest BCUT2D eigenvalue weighted by Crippen LogP contribution is 2.15. The van der Waals surface area contributed by atoms with Gasteiger partial charge in [-0.3, -0.25) is 5.43 Å². The predicted molar refractivity (Wildman–Crippen MR) is 89.6 cm³/mol. The van der Waals surface area contributed by atoms with E-state index in [9.17, 15) is 0 Å². The van der Waals surface area contributed by atoms with Crippen molar-refractivity contribution in [3.8, 4) is 0 Å². The summed E-state index contributed by atoms with van der Waals surface area (Å²) in [6.07, 6.45) is 0. The quantitative estimate of drug-likeness (QED) is 0.281. The van der Waals surface area contributed by atoms with E-state index in [4.69, 9.17) is 12.2 Å². The number of azo groups is 1. The van der Waals surface area contributed by atoms with E-state index in [0.29, 0.717) is 5.11 Å². The van der Waals surface area contributed by atoms with E-state index < -0.39 is 0 Å². The zero-order valence-corrected chi connectivity index (χ0v) is 12.9. The van der Waals surface area contributed by atoms with Gasteiger partial charge in [0.15, 0.2) is 0 Å². The van der Waals surface area contributed by atoms with Gasteiger partial charge in [-0.1, -0.05) is 36.4 Å². The minimum atomic E-state index is 0.308. The van der Waals surface area contributed by atoms with Crippen molar-refractivity contribution >= 4 is 51.6 Å². The molecule has 0 heterocycles. The zero-order valence-electron chi connectivity index (χ0n) is 9.90. The van der Waals surface area contributed by atoms with Gasteiger partial charge in [0.05, 0.1) is 34.2 Å². The fourth-order valence-electron chi connectivity index (χ4n) is 1.33. The molecule has 0 radical (unpaired) electrons. The zero-order chi connectivity index (χ0) is 13.5. The van der Waals surface area contributed by atoms with Gasteiger partial charge in [-0.15, -0.1) is 10.2 Å². The van der Waals surface area contributed by atoms with E-state index in [0.717, 1.165) is 11.4 Å². The molecule has 0 aliphatic heterocycles. The topological polar surface area (TPSA) is 40.0 Å². The molecule has 0 aliphatic carbocycles. The van der Waals surface area contributed by atoms with Crippen molar-refractivity contribution in [1.82, 2.24) is 5.43 Å². The summed E-state index contributed by atoms with van der Waals surface area (Å²) in [5.74, 6) is 0. The van der Waals surface area contributed by atoms with E-state index >= 15 is 0 Å². The van der Waals surface area contributed by atoms with Gasteiger partial charge in [0.1, 0.15) is 0 Å². The average Bonchev–Trinajstić information content (AvgIpc) is 2.47. The Labute approximate surface area is 131 Å². The van der Waals surface area contributed by atoms with Gasteiger partial charge in [-0.05, 0) is 36.5 Å². The minimum absolute atomic E-state index is 0.308. The van der Waals surface area contributed by atoms with Crippen LogP contribution in [0.25, 0.3) is 0 Å². The summed E-state index contributed by atoms with van der Waals surface area (Å²) in [6.45, 7) is 0. The molecule has 0 unspecified atom stereocenters. The normalized spacial score (nSPS) is 10.4. The Morgan fingerprint density at radius 2 is 1.58 bits per heavy atom. The number of para-hydroxylation sites is 1. The molecule has 2 aromatic rings. The van der Waals surface area contributed by atoms with E-state index in [1.54, 1.807) is 3.22 Å². The summed E-state index contributed by atoms with van der Waals surface area (Å²) in [4.78, 5) is 0. The summed E-state index contributed by atoms with van der Waals surface area (Å²) in [7, 11) is 0. The summed E-state index contributed by atoms with van der Waals surface area (Å²) in [5, 5.41) is 8.31. The molecule has 19 heavy (non-hydrogen) atoms. The number of rotatable bonds is 3. The first-order valence-electron chi connectivity index (χ1n) is 5.54. The molecule has 2 aromatic carbocycles. The van der Waals surface area contributed by atoms with Crippen LogP contribution in [0.3, 0.4) is 0 Å². The molecule has 0 aromatic heterocycles. The molecule has 6 heteroatoms. The van der Waals surface area contributed by atoms with Gasteiger partial charge in [0.2, 0.25) is 5.11 Å². The first-order chi connectivity index (χ1) is 9.25. The number of benzene rings is 2. The van der Waals surface area contributed by atoms with Gasteiger partial charge < -0.3 is 0 Å². The van der Waals surface area contributed by atoms with Crippen LogP contribution in [0.4, 0.5) is 11.4 Å². The number of hydrazine groups is 1. The second-order valence-electron chi connectivity index (χ2n) is 3.57. The SMILES string of the molecule is S=C(N=Nc1ccccc1)NN(I)c1ccccc1. The van der Waals surface area contributed by atoms with Gasteiger partial charge in [0.25, 0.3) is 0 Å². The first kappa shape index (κ1) is 13.9. The highest BCUT2D eigenvalue weighted by atomic mass is 127. The Morgan fingerprint density at radius 1 is 1.00 bits per heavy atom. The average molecular weight is 382 g/mol. The number of halogens is 1. The monoisotopic (exact) mass is 382 g/mol. The highest BCUT2D eigenvalue weighted by Gasteiger charge is 2.02. The Morgan fingerprint density at radius 3 is 2.21 bits per heavy atom. The molecule has 1 N–H and O–H groups in total. The summed E-state index contributed by atoms with van der Waals surface area (Å²) in [6, 6.07) is 19.3. The standard InChI is InChI=1S/C13H11IN4S/c14-18(12-9-5-2-6-10-12)17-13(19)16-15-11-7-3-1-4-8-11/h1-10H,(H,17,19). The summed E-state index contributed by atoms with van der Waals surface area (Å²) in [5.41, 5.74) is 4.71. The van der Waals surface area contributed by atoms with Crippen LogP contribution >= 0.6 is 35.1 Å². The molecule has 2 rings (SSSR count). The molecular formula is C13H11IN4S. The second-order valence-corrected chi connectivity index (χ2v) is 4.92. The third-order valence-electron chi connectivity index (χ3n) is 2.19. The molecule has 4 nitrogen and oxygen atoms in total. The number of nitrogens with zero attached hydrogens (tertiary/aromatic N) is 3. The van der Waals surface area contributed by atoms with Crippen LogP contribution in [0.15, 0.2) is 70.9 Å². The van der Waals surface area contributed by atoms with E-state index in [1.807, 2.05) is 60.7 Å². The minimum Gasteiger partial charge on any atom is -0.262 e. The molecule has 0 saturated carbocycles. The lowest BCUT2D eigenvalue weighted by atomic mass is 10.3. The lowest BCUT2D eigenvalue weighted by molar-refractivity contribution is 1.03. The van der Waals surface area contributed by atoms with Crippen LogP contribution < -0.4 is 8.65 Å². The molecule has 0 fully saturated rings. The Bertz CT molecular complexity index is 559. The van der Waals surface area contributed by atoms with Crippen molar-refractivity contribution in [1.29, 1.82) is 0 Å². The molecule has 0 saturated heterocycles. The van der Waals surface area contributed by atoms with Gasteiger partial charge in [-0.25, -0.2) is 3.22 Å². The summed E-state index contributed by atoms with van der Waals surface area (Å²) < 4.78 is 1.77. The maximum absolute atomic E-state index is 5.11. The van der Waals surface area contributed by atoms with Crippen molar-refractivity contribution in [2.45, 2.75) is 0 Å². The van der Waals surface area contributed by atoms with Crippen molar-refractivity contribution in [3.05, 3.63) is 60.7 Å². The summed E-state index contributed by atoms with van der Waals surface area (Å²) >= 11 is 7.22. The van der Waals surface area contributed by atoms with E-state index in [-0.39, 0.29) is 0 Å². The Kier molecular flexibility index (Phi) is 5.22. The van der Waals surface area contributed by atoms with E-state index in [1.165, 1.54) is 0 Å². The number of nitrogens with one attached hydrogen (secondary N) is 1. The third kappa shape index (κ3) is 4.56. The largest absolute Gasteiger partial charge is 0.262 e. The smallest absolute Gasteiger partial charge is 0.233 e. The predicted octanol–water partition coefficient (Wildman–Crippen LogP) is 4.42. The Hall–Kier alpha value is -1.54. The Balaban J connectivity index is 1.93. The van der Waals surface area contributed by atoms with Crippen LogP contribution in [-0.2, 0) is 0 Å². The second kappa shape index (κ2) is 7.15. The van der Waals surface area contributed by atoms with Crippen LogP contribution in [-0.4, -0.2) is 5.11 Å². The number of anilines is 1.